The summed E-state index contributed by atoms with van der Waals surface area (Å²) in [7, 11) is 0. The van der Waals surface area contributed by atoms with Crippen LogP contribution < -0.4 is 4.74 Å². The Kier molecular flexibility index (Phi) is 6.21. The van der Waals surface area contributed by atoms with Gasteiger partial charge in [0.05, 0.1) is 6.10 Å². The zero-order valence-electron chi connectivity index (χ0n) is 15.3. The van der Waals surface area contributed by atoms with Gasteiger partial charge in [0.15, 0.2) is 5.78 Å². The lowest BCUT2D eigenvalue weighted by Gasteiger charge is -2.28. The number of carbonyl (C=O) groups is 2. The van der Waals surface area contributed by atoms with Gasteiger partial charge in [-0.25, -0.2) is 0 Å². The van der Waals surface area contributed by atoms with Gasteiger partial charge in [0.2, 0.25) is 0 Å². The summed E-state index contributed by atoms with van der Waals surface area (Å²) in [4.78, 5) is 23.6. The molecule has 26 heavy (non-hydrogen) atoms. The highest BCUT2D eigenvalue weighted by atomic mass is 16.5. The molecule has 3 nitrogen and oxygen atoms in total. The van der Waals surface area contributed by atoms with Crippen LogP contribution in [0.1, 0.15) is 54.9 Å². The van der Waals surface area contributed by atoms with E-state index in [1.54, 1.807) is 6.92 Å². The topological polar surface area (TPSA) is 43.4 Å². The lowest BCUT2D eigenvalue weighted by Crippen LogP contribution is -2.28. The van der Waals surface area contributed by atoms with Crippen molar-refractivity contribution in [2.45, 2.75) is 51.6 Å². The minimum Gasteiger partial charge on any atom is -0.490 e. The first kappa shape index (κ1) is 18.4. The average Bonchev–Trinajstić information content (AvgIpc) is 2.68. The maximum atomic E-state index is 12.5. The summed E-state index contributed by atoms with van der Waals surface area (Å²) < 4.78 is 6.09. The fraction of sp³-hybridized carbons (Fsp3) is 0.391. The molecule has 0 heterocycles. The van der Waals surface area contributed by atoms with Crippen molar-refractivity contribution in [3.63, 3.8) is 0 Å². The number of ketones is 2. The smallest absolute Gasteiger partial charge is 0.165 e. The SMILES string of the molecule is CC(=O)CCc1ccc(OC2CCC(C(=O)c3ccccc3)CC2)cc1. The van der Waals surface area contributed by atoms with E-state index in [9.17, 15) is 9.59 Å². The van der Waals surface area contributed by atoms with Gasteiger partial charge in [0.1, 0.15) is 11.5 Å². The fourth-order valence-electron chi connectivity index (χ4n) is 3.53. The second kappa shape index (κ2) is 8.79. The van der Waals surface area contributed by atoms with Crippen molar-refractivity contribution in [2.24, 2.45) is 5.92 Å². The standard InChI is InChI=1S/C23H26O3/c1-17(24)7-8-18-9-13-21(14-10-18)26-22-15-11-20(12-16-22)23(25)19-5-3-2-4-6-19/h2-6,9-10,13-14,20,22H,7-8,11-12,15-16H2,1H3. The summed E-state index contributed by atoms with van der Waals surface area (Å²) in [6.07, 6.45) is 5.13. The second-order valence-corrected chi connectivity index (χ2v) is 7.17. The van der Waals surface area contributed by atoms with Crippen LogP contribution in [0.3, 0.4) is 0 Å². The quantitative estimate of drug-likeness (QED) is 0.658. The number of benzene rings is 2. The van der Waals surface area contributed by atoms with E-state index in [0.717, 1.165) is 49.0 Å². The van der Waals surface area contributed by atoms with E-state index in [1.165, 1.54) is 0 Å². The van der Waals surface area contributed by atoms with Crippen LogP contribution in [0.4, 0.5) is 0 Å². The van der Waals surface area contributed by atoms with Crippen molar-refractivity contribution in [1.82, 2.24) is 0 Å². The first-order chi connectivity index (χ1) is 12.6. The Balaban J connectivity index is 1.48. The highest BCUT2D eigenvalue weighted by Crippen LogP contribution is 2.30. The second-order valence-electron chi connectivity index (χ2n) is 7.17. The Labute approximate surface area is 155 Å². The van der Waals surface area contributed by atoms with Gasteiger partial charge < -0.3 is 9.53 Å². The largest absolute Gasteiger partial charge is 0.490 e. The Hall–Kier alpha value is -2.42. The van der Waals surface area contributed by atoms with Gasteiger partial charge in [-0.15, -0.1) is 0 Å². The number of carbonyl (C=O) groups excluding carboxylic acids is 2. The highest BCUT2D eigenvalue weighted by Gasteiger charge is 2.27. The number of hydrogen-bond acceptors (Lipinski definition) is 3. The van der Waals surface area contributed by atoms with Crippen LogP contribution in [0.15, 0.2) is 54.6 Å². The molecule has 3 heteroatoms. The van der Waals surface area contributed by atoms with Gasteiger partial charge in [-0.1, -0.05) is 42.5 Å². The number of ether oxygens (including phenoxy) is 1. The van der Waals surface area contributed by atoms with Crippen molar-refractivity contribution in [1.29, 1.82) is 0 Å². The van der Waals surface area contributed by atoms with E-state index in [-0.39, 0.29) is 23.6 Å². The van der Waals surface area contributed by atoms with Crippen molar-refractivity contribution in [2.75, 3.05) is 0 Å². The fourth-order valence-corrected chi connectivity index (χ4v) is 3.53. The molecule has 0 saturated heterocycles. The summed E-state index contributed by atoms with van der Waals surface area (Å²) >= 11 is 0. The maximum absolute atomic E-state index is 12.5. The van der Waals surface area contributed by atoms with Gasteiger partial charge in [-0.05, 0) is 56.7 Å². The lowest BCUT2D eigenvalue weighted by molar-refractivity contribution is -0.116. The zero-order valence-corrected chi connectivity index (χ0v) is 15.3. The van der Waals surface area contributed by atoms with E-state index in [0.29, 0.717) is 6.42 Å². The van der Waals surface area contributed by atoms with Gasteiger partial charge >= 0.3 is 0 Å². The Morgan fingerprint density at radius 2 is 1.58 bits per heavy atom. The van der Waals surface area contributed by atoms with E-state index >= 15 is 0 Å². The van der Waals surface area contributed by atoms with Crippen molar-refractivity contribution >= 4 is 11.6 Å². The molecule has 0 spiro atoms. The minimum atomic E-state index is 0.117. The van der Waals surface area contributed by atoms with Crippen LogP contribution in [0.2, 0.25) is 0 Å². The number of rotatable bonds is 7. The van der Waals surface area contributed by atoms with Gasteiger partial charge in [-0.2, -0.15) is 0 Å². The average molecular weight is 350 g/mol. The van der Waals surface area contributed by atoms with E-state index in [2.05, 4.69) is 0 Å². The molecule has 0 radical (unpaired) electrons. The molecule has 0 atom stereocenters. The van der Waals surface area contributed by atoms with Crippen molar-refractivity contribution in [3.8, 4) is 5.75 Å². The Morgan fingerprint density at radius 1 is 0.923 bits per heavy atom. The molecule has 1 fully saturated rings. The van der Waals surface area contributed by atoms with Crippen LogP contribution in [-0.2, 0) is 11.2 Å². The molecule has 3 rings (SSSR count). The normalized spacial score (nSPS) is 19.7. The Morgan fingerprint density at radius 3 is 2.19 bits per heavy atom. The predicted molar refractivity (Wildman–Crippen MR) is 103 cm³/mol. The van der Waals surface area contributed by atoms with Crippen molar-refractivity contribution in [3.05, 3.63) is 65.7 Å². The molecule has 1 aliphatic rings. The molecule has 1 aliphatic carbocycles. The van der Waals surface area contributed by atoms with E-state index in [1.807, 2.05) is 54.6 Å². The molecule has 0 aromatic heterocycles. The monoisotopic (exact) mass is 350 g/mol. The highest BCUT2D eigenvalue weighted by molar-refractivity contribution is 5.97. The summed E-state index contributed by atoms with van der Waals surface area (Å²) in [6.45, 7) is 1.62. The molecule has 0 unspecified atom stereocenters. The first-order valence-electron chi connectivity index (χ1n) is 9.46. The third-order valence-corrected chi connectivity index (χ3v) is 5.10. The summed E-state index contributed by atoms with van der Waals surface area (Å²) in [5.41, 5.74) is 1.97. The molecule has 0 aliphatic heterocycles. The lowest BCUT2D eigenvalue weighted by atomic mass is 9.82. The molecule has 0 amide bonds. The van der Waals surface area contributed by atoms with Crippen molar-refractivity contribution < 1.29 is 14.3 Å². The third-order valence-electron chi connectivity index (χ3n) is 5.10. The molecular weight excluding hydrogens is 324 g/mol. The predicted octanol–water partition coefficient (Wildman–Crippen LogP) is 5.03. The third kappa shape index (κ3) is 5.04. The molecular formula is C23H26O3. The van der Waals surface area contributed by atoms with Gasteiger partial charge in [-0.3, -0.25) is 4.79 Å². The zero-order chi connectivity index (χ0) is 18.4. The molecule has 0 bridgehead atoms. The number of hydrogen-bond donors (Lipinski definition) is 0. The van der Waals surface area contributed by atoms with Crippen LogP contribution in [0.25, 0.3) is 0 Å². The summed E-state index contributed by atoms with van der Waals surface area (Å²) in [5.74, 6) is 1.46. The maximum Gasteiger partial charge on any atom is 0.165 e. The molecule has 0 N–H and O–H groups in total. The Bertz CT molecular complexity index is 726. The van der Waals surface area contributed by atoms with Gasteiger partial charge in [0, 0.05) is 17.9 Å². The molecule has 2 aromatic carbocycles. The van der Waals surface area contributed by atoms with E-state index in [4.69, 9.17) is 4.74 Å². The summed E-state index contributed by atoms with van der Waals surface area (Å²) in [6, 6.07) is 17.6. The number of aryl methyl sites for hydroxylation is 1. The molecule has 136 valence electrons. The molecule has 2 aromatic rings. The van der Waals surface area contributed by atoms with Crippen LogP contribution in [0.5, 0.6) is 5.75 Å². The van der Waals surface area contributed by atoms with Gasteiger partial charge in [0.25, 0.3) is 0 Å². The van der Waals surface area contributed by atoms with E-state index < -0.39 is 0 Å². The van der Waals surface area contributed by atoms with Crippen LogP contribution >= 0.6 is 0 Å². The van der Waals surface area contributed by atoms with Crippen LogP contribution in [0, 0.1) is 5.92 Å². The van der Waals surface area contributed by atoms with Crippen LogP contribution in [-0.4, -0.2) is 17.7 Å². The first-order valence-corrected chi connectivity index (χ1v) is 9.46. The minimum absolute atomic E-state index is 0.117. The number of Topliss-reactive ketones (excluding diaryl/α,β-unsaturated/α-hetero) is 2. The molecule has 1 saturated carbocycles. The summed E-state index contributed by atoms with van der Waals surface area (Å²) in [5, 5.41) is 0.